The largest absolute Gasteiger partial charge is 0.481 e. The summed E-state index contributed by atoms with van der Waals surface area (Å²) in [5.41, 5.74) is 0.415. The maximum absolute atomic E-state index is 13.0. The van der Waals surface area contributed by atoms with Crippen LogP contribution < -0.4 is 5.32 Å². The van der Waals surface area contributed by atoms with E-state index in [9.17, 15) is 9.18 Å². The first-order valence-corrected chi connectivity index (χ1v) is 4.40. The van der Waals surface area contributed by atoms with Crippen molar-refractivity contribution in [3.63, 3.8) is 0 Å². The number of hydrogen-bond acceptors (Lipinski definition) is 2. The monoisotopic (exact) mass is 197 g/mol. The molecule has 2 N–H and O–H groups in total. The van der Waals surface area contributed by atoms with Crippen LogP contribution in [0.1, 0.15) is 12.8 Å². The number of benzene rings is 1. The Balaban J connectivity index is 2.31. The molecule has 1 aromatic rings. The molecule has 1 rings (SSSR count). The number of rotatable bonds is 5. The highest BCUT2D eigenvalue weighted by atomic mass is 19.1. The van der Waals surface area contributed by atoms with Gasteiger partial charge in [0.2, 0.25) is 0 Å². The summed E-state index contributed by atoms with van der Waals surface area (Å²) in [6, 6.07) is 6.32. The lowest BCUT2D eigenvalue weighted by atomic mass is 10.2. The minimum atomic E-state index is -0.833. The molecule has 0 saturated carbocycles. The van der Waals surface area contributed by atoms with Gasteiger partial charge < -0.3 is 10.4 Å². The summed E-state index contributed by atoms with van der Waals surface area (Å²) in [6.07, 6.45) is 0.588. The van der Waals surface area contributed by atoms with Crippen molar-refractivity contribution in [1.82, 2.24) is 0 Å². The first kappa shape index (κ1) is 10.5. The van der Waals surface area contributed by atoms with Crippen molar-refractivity contribution in [2.45, 2.75) is 12.8 Å². The van der Waals surface area contributed by atoms with Crippen LogP contribution in [0.4, 0.5) is 10.1 Å². The Labute approximate surface area is 81.6 Å². The summed E-state index contributed by atoms with van der Waals surface area (Å²) in [7, 11) is 0. The van der Waals surface area contributed by atoms with Gasteiger partial charge in [0.15, 0.2) is 0 Å². The Morgan fingerprint density at radius 3 is 2.79 bits per heavy atom. The van der Waals surface area contributed by atoms with Crippen LogP contribution in [0.5, 0.6) is 0 Å². The molecule has 0 spiro atoms. The van der Waals surface area contributed by atoms with Crippen molar-refractivity contribution < 1.29 is 14.3 Å². The fourth-order valence-electron chi connectivity index (χ4n) is 1.07. The average Bonchev–Trinajstić information content (AvgIpc) is 2.15. The van der Waals surface area contributed by atoms with E-state index in [4.69, 9.17) is 5.11 Å². The second-order valence-electron chi connectivity index (χ2n) is 2.90. The summed E-state index contributed by atoms with van der Waals surface area (Å²) < 4.78 is 13.0. The van der Waals surface area contributed by atoms with Gasteiger partial charge in [-0.15, -0.1) is 0 Å². The van der Waals surface area contributed by atoms with Crippen LogP contribution in [0.3, 0.4) is 0 Å². The third-order valence-electron chi connectivity index (χ3n) is 1.76. The van der Waals surface area contributed by atoms with Crippen molar-refractivity contribution in [3.05, 3.63) is 30.1 Å². The second-order valence-corrected chi connectivity index (χ2v) is 2.90. The summed E-state index contributed by atoms with van der Waals surface area (Å²) in [6.45, 7) is 0.466. The van der Waals surface area contributed by atoms with E-state index in [1.165, 1.54) is 6.07 Å². The minimum Gasteiger partial charge on any atom is -0.481 e. The maximum atomic E-state index is 13.0. The first-order valence-electron chi connectivity index (χ1n) is 4.40. The van der Waals surface area contributed by atoms with Gasteiger partial charge in [0, 0.05) is 13.0 Å². The van der Waals surface area contributed by atoms with Gasteiger partial charge in [-0.2, -0.15) is 0 Å². The van der Waals surface area contributed by atoms with Crippen LogP contribution in [0, 0.1) is 5.82 Å². The van der Waals surface area contributed by atoms with Crippen molar-refractivity contribution in [1.29, 1.82) is 0 Å². The van der Waals surface area contributed by atoms with E-state index in [0.717, 1.165) is 0 Å². The summed E-state index contributed by atoms with van der Waals surface area (Å²) in [5, 5.41) is 11.2. The standard InChI is InChI=1S/C10H12FNO2/c11-8-4-1-2-5-9(8)12-7-3-6-10(13)14/h1-2,4-5,12H,3,6-7H2,(H,13,14). The molecule has 0 radical (unpaired) electrons. The highest BCUT2D eigenvalue weighted by Gasteiger charge is 1.99. The zero-order chi connectivity index (χ0) is 10.4. The van der Waals surface area contributed by atoms with E-state index in [1.807, 2.05) is 0 Å². The van der Waals surface area contributed by atoms with E-state index in [0.29, 0.717) is 18.7 Å². The van der Waals surface area contributed by atoms with Crippen molar-refractivity contribution in [3.8, 4) is 0 Å². The Kier molecular flexibility index (Phi) is 3.91. The van der Waals surface area contributed by atoms with Crippen LogP contribution in [0.2, 0.25) is 0 Å². The number of carboxylic acids is 1. The third kappa shape index (κ3) is 3.43. The van der Waals surface area contributed by atoms with E-state index in [2.05, 4.69) is 5.32 Å². The molecule has 4 heteroatoms. The highest BCUT2D eigenvalue weighted by molar-refractivity contribution is 5.66. The highest BCUT2D eigenvalue weighted by Crippen LogP contribution is 2.11. The smallest absolute Gasteiger partial charge is 0.303 e. The van der Waals surface area contributed by atoms with E-state index < -0.39 is 5.97 Å². The predicted octanol–water partition coefficient (Wildman–Crippen LogP) is 2.10. The molecule has 0 unspecified atom stereocenters. The molecule has 0 atom stereocenters. The molecule has 0 aliphatic carbocycles. The Hall–Kier alpha value is -1.58. The van der Waals surface area contributed by atoms with Crippen molar-refractivity contribution in [2.75, 3.05) is 11.9 Å². The quantitative estimate of drug-likeness (QED) is 0.710. The number of carboxylic acid groups (broad SMARTS) is 1. The van der Waals surface area contributed by atoms with Gasteiger partial charge in [0.05, 0.1) is 5.69 Å². The minimum absolute atomic E-state index is 0.0987. The normalized spacial score (nSPS) is 9.79. The van der Waals surface area contributed by atoms with Gasteiger partial charge in [0.1, 0.15) is 5.82 Å². The lowest BCUT2D eigenvalue weighted by Gasteiger charge is -2.05. The summed E-state index contributed by atoms with van der Waals surface area (Å²) in [5.74, 6) is -1.15. The molecule has 0 aromatic heterocycles. The number of nitrogens with one attached hydrogen (secondary N) is 1. The summed E-state index contributed by atoms with van der Waals surface area (Å²) >= 11 is 0. The molecular weight excluding hydrogens is 185 g/mol. The van der Waals surface area contributed by atoms with E-state index >= 15 is 0 Å². The molecule has 76 valence electrons. The Morgan fingerprint density at radius 1 is 1.43 bits per heavy atom. The molecule has 1 aromatic carbocycles. The molecule has 14 heavy (non-hydrogen) atoms. The molecule has 0 amide bonds. The second kappa shape index (κ2) is 5.21. The topological polar surface area (TPSA) is 49.3 Å². The molecular formula is C10H12FNO2. The molecule has 0 heterocycles. The van der Waals surface area contributed by atoms with E-state index in [-0.39, 0.29) is 12.2 Å². The zero-order valence-corrected chi connectivity index (χ0v) is 7.66. The first-order chi connectivity index (χ1) is 6.70. The maximum Gasteiger partial charge on any atom is 0.303 e. The van der Waals surface area contributed by atoms with Gasteiger partial charge in [-0.1, -0.05) is 12.1 Å². The number of hydrogen-bond donors (Lipinski definition) is 2. The van der Waals surface area contributed by atoms with Crippen LogP contribution in [-0.2, 0) is 4.79 Å². The number of halogens is 1. The number of carbonyl (C=O) groups is 1. The number of aliphatic carboxylic acids is 1. The van der Waals surface area contributed by atoms with E-state index in [1.54, 1.807) is 18.2 Å². The van der Waals surface area contributed by atoms with Gasteiger partial charge in [-0.05, 0) is 18.6 Å². The van der Waals surface area contributed by atoms with Gasteiger partial charge in [-0.25, -0.2) is 4.39 Å². The molecule has 3 nitrogen and oxygen atoms in total. The van der Waals surface area contributed by atoms with Crippen molar-refractivity contribution >= 4 is 11.7 Å². The van der Waals surface area contributed by atoms with Crippen LogP contribution in [0.25, 0.3) is 0 Å². The zero-order valence-electron chi connectivity index (χ0n) is 7.66. The fraction of sp³-hybridized carbons (Fsp3) is 0.300. The van der Waals surface area contributed by atoms with Gasteiger partial charge in [0.25, 0.3) is 0 Å². The predicted molar refractivity (Wildman–Crippen MR) is 51.8 cm³/mol. The van der Waals surface area contributed by atoms with Crippen molar-refractivity contribution in [2.24, 2.45) is 0 Å². The average molecular weight is 197 g/mol. The van der Waals surface area contributed by atoms with Crippen LogP contribution in [0.15, 0.2) is 24.3 Å². The fourth-order valence-corrected chi connectivity index (χ4v) is 1.07. The van der Waals surface area contributed by atoms with Crippen LogP contribution >= 0.6 is 0 Å². The Morgan fingerprint density at radius 2 is 2.14 bits per heavy atom. The molecule has 0 fully saturated rings. The number of anilines is 1. The number of para-hydroxylation sites is 1. The third-order valence-corrected chi connectivity index (χ3v) is 1.76. The molecule has 0 saturated heterocycles. The lowest BCUT2D eigenvalue weighted by Crippen LogP contribution is -2.05. The molecule has 0 aliphatic heterocycles. The van der Waals surface area contributed by atoms with Gasteiger partial charge >= 0.3 is 5.97 Å². The van der Waals surface area contributed by atoms with Gasteiger partial charge in [-0.3, -0.25) is 4.79 Å². The SMILES string of the molecule is O=C(O)CCCNc1ccccc1F. The molecule has 0 bridgehead atoms. The lowest BCUT2D eigenvalue weighted by molar-refractivity contribution is -0.137. The summed E-state index contributed by atoms with van der Waals surface area (Å²) in [4.78, 5) is 10.2. The van der Waals surface area contributed by atoms with Crippen LogP contribution in [-0.4, -0.2) is 17.6 Å². The Bertz CT molecular complexity index is 315. The molecule has 0 aliphatic rings.